The van der Waals surface area contributed by atoms with Gasteiger partial charge >= 0.3 is 11.9 Å². The molecule has 0 spiro atoms. The van der Waals surface area contributed by atoms with Crippen molar-refractivity contribution in [1.82, 2.24) is 5.16 Å². The van der Waals surface area contributed by atoms with Gasteiger partial charge in [0.25, 0.3) is 0 Å². The van der Waals surface area contributed by atoms with Crippen molar-refractivity contribution in [3.63, 3.8) is 0 Å². The summed E-state index contributed by atoms with van der Waals surface area (Å²) in [5, 5.41) is 14.2. The highest BCUT2D eigenvalue weighted by Gasteiger charge is 2.36. The minimum absolute atomic E-state index is 0.0826. The molecule has 110 valence electrons. The van der Waals surface area contributed by atoms with E-state index in [4.69, 9.17) is 0 Å². The molecule has 21 heavy (non-hydrogen) atoms. The molecule has 0 aliphatic heterocycles. The van der Waals surface area contributed by atoms with Crippen molar-refractivity contribution in [3.05, 3.63) is 57.5 Å². The van der Waals surface area contributed by atoms with E-state index in [-0.39, 0.29) is 11.3 Å². The van der Waals surface area contributed by atoms with Gasteiger partial charge in [-0.1, -0.05) is 35.5 Å². The number of aryl methyl sites for hydroxylation is 1. The van der Waals surface area contributed by atoms with Gasteiger partial charge in [0.05, 0.1) is 10.5 Å². The van der Waals surface area contributed by atoms with Gasteiger partial charge in [0.2, 0.25) is 5.76 Å². The number of halogens is 3. The van der Waals surface area contributed by atoms with E-state index in [1.165, 1.54) is 31.2 Å². The Bertz CT molecular complexity index is 690. The van der Waals surface area contributed by atoms with Crippen molar-refractivity contribution in [2.45, 2.75) is 13.1 Å². The van der Waals surface area contributed by atoms with Gasteiger partial charge in [0, 0.05) is 6.08 Å². The van der Waals surface area contributed by atoms with Crippen LogP contribution in [-0.4, -0.2) is 16.3 Å². The minimum atomic E-state index is -4.68. The highest BCUT2D eigenvalue weighted by molar-refractivity contribution is 5.85. The van der Waals surface area contributed by atoms with Gasteiger partial charge in [0.1, 0.15) is 0 Å². The second-order valence-electron chi connectivity index (χ2n) is 4.16. The topological polar surface area (TPSA) is 69.2 Å². The van der Waals surface area contributed by atoms with E-state index in [0.29, 0.717) is 6.08 Å². The fraction of sp³-hybridized carbons (Fsp3) is 0.154. The first-order chi connectivity index (χ1) is 9.80. The molecule has 2 rings (SSSR count). The average Bonchev–Trinajstić information content (AvgIpc) is 2.77. The number of benzene rings is 1. The molecule has 1 heterocycles. The Kier molecular flexibility index (Phi) is 3.79. The van der Waals surface area contributed by atoms with Crippen LogP contribution in [0.25, 0.3) is 11.6 Å². The summed E-state index contributed by atoms with van der Waals surface area (Å²) in [5.74, 6) is -0.534. The highest BCUT2D eigenvalue weighted by atomic mass is 19.4. The number of hydrogen-bond donors (Lipinski definition) is 0. The lowest BCUT2D eigenvalue weighted by atomic mass is 10.0. The molecule has 1 aromatic carbocycles. The van der Waals surface area contributed by atoms with E-state index in [2.05, 4.69) is 9.68 Å². The lowest BCUT2D eigenvalue weighted by Gasteiger charge is -2.11. The van der Waals surface area contributed by atoms with Crippen LogP contribution in [0.2, 0.25) is 0 Å². The predicted octanol–water partition coefficient (Wildman–Crippen LogP) is 3.99. The summed E-state index contributed by atoms with van der Waals surface area (Å²) in [6.07, 6.45) is -4.09. The standard InChI is InChI=1S/C13H9F3N2O3/c1-8-12(18(19)20)11(21-17-8)7-10(13(14,15)16)9-5-3-2-4-6-9/h2-7H,1H3/b10-7-. The first-order valence-electron chi connectivity index (χ1n) is 5.75. The van der Waals surface area contributed by atoms with Gasteiger partial charge in [-0.05, 0) is 12.5 Å². The Hall–Kier alpha value is -2.64. The van der Waals surface area contributed by atoms with Crippen molar-refractivity contribution >= 4 is 17.3 Å². The molecule has 0 radical (unpaired) electrons. The molecule has 0 fully saturated rings. The third-order valence-corrected chi connectivity index (χ3v) is 2.71. The Morgan fingerprint density at radius 1 is 1.33 bits per heavy atom. The monoisotopic (exact) mass is 298 g/mol. The summed E-state index contributed by atoms with van der Waals surface area (Å²) >= 11 is 0. The molecule has 0 aliphatic carbocycles. The largest absolute Gasteiger partial charge is 0.417 e. The maximum atomic E-state index is 13.1. The maximum absolute atomic E-state index is 13.1. The summed E-state index contributed by atoms with van der Waals surface area (Å²) in [6, 6.07) is 6.96. The first kappa shape index (κ1) is 14.8. The Morgan fingerprint density at radius 2 is 1.95 bits per heavy atom. The molecule has 1 aromatic heterocycles. The maximum Gasteiger partial charge on any atom is 0.417 e. The van der Waals surface area contributed by atoms with Crippen molar-refractivity contribution in [1.29, 1.82) is 0 Å². The summed E-state index contributed by atoms with van der Waals surface area (Å²) in [7, 11) is 0. The SMILES string of the molecule is Cc1noc(/C=C(/c2ccccc2)C(F)(F)F)c1[N+](=O)[O-]. The van der Waals surface area contributed by atoms with Crippen molar-refractivity contribution < 1.29 is 22.6 Å². The summed E-state index contributed by atoms with van der Waals surface area (Å²) in [5.41, 5.74) is -1.82. The van der Waals surface area contributed by atoms with Crippen LogP contribution in [-0.2, 0) is 0 Å². The van der Waals surface area contributed by atoms with Crippen molar-refractivity contribution in [3.8, 4) is 0 Å². The zero-order valence-corrected chi connectivity index (χ0v) is 10.7. The van der Waals surface area contributed by atoms with E-state index < -0.39 is 28.1 Å². The second-order valence-corrected chi connectivity index (χ2v) is 4.16. The number of rotatable bonds is 3. The Balaban J connectivity index is 2.61. The molecule has 0 atom stereocenters. The van der Waals surface area contributed by atoms with Crippen LogP contribution in [0.3, 0.4) is 0 Å². The van der Waals surface area contributed by atoms with Gasteiger partial charge in [-0.3, -0.25) is 10.1 Å². The quantitative estimate of drug-likeness (QED) is 0.634. The average molecular weight is 298 g/mol. The van der Waals surface area contributed by atoms with Crippen LogP contribution in [0.1, 0.15) is 17.0 Å². The van der Waals surface area contributed by atoms with E-state index in [9.17, 15) is 23.3 Å². The van der Waals surface area contributed by atoms with Crippen LogP contribution < -0.4 is 0 Å². The molecule has 0 unspecified atom stereocenters. The number of nitrogens with zero attached hydrogens (tertiary/aromatic N) is 2. The van der Waals surface area contributed by atoms with Gasteiger partial charge < -0.3 is 4.52 Å². The first-order valence-corrected chi connectivity index (χ1v) is 5.75. The summed E-state index contributed by atoms with van der Waals surface area (Å²) in [6.45, 7) is 1.29. The van der Waals surface area contributed by atoms with Gasteiger partial charge in [-0.2, -0.15) is 13.2 Å². The summed E-state index contributed by atoms with van der Waals surface area (Å²) < 4.78 is 44.0. The van der Waals surface area contributed by atoms with Crippen LogP contribution in [0, 0.1) is 17.0 Å². The number of nitro groups is 1. The molecule has 0 saturated carbocycles. The smallest absolute Gasteiger partial charge is 0.349 e. The van der Waals surface area contributed by atoms with E-state index in [1.54, 1.807) is 6.07 Å². The van der Waals surface area contributed by atoms with E-state index in [0.717, 1.165) is 0 Å². The molecular weight excluding hydrogens is 289 g/mol. The van der Waals surface area contributed by atoms with Gasteiger partial charge in [-0.15, -0.1) is 0 Å². The fourth-order valence-electron chi connectivity index (χ4n) is 1.78. The van der Waals surface area contributed by atoms with E-state index >= 15 is 0 Å². The highest BCUT2D eigenvalue weighted by Crippen LogP contribution is 2.37. The summed E-state index contributed by atoms with van der Waals surface area (Å²) in [4.78, 5) is 10.0. The lowest BCUT2D eigenvalue weighted by Crippen LogP contribution is -2.10. The number of alkyl halides is 3. The molecule has 2 aromatic rings. The van der Waals surface area contributed by atoms with Gasteiger partial charge in [-0.25, -0.2) is 0 Å². The van der Waals surface area contributed by atoms with Gasteiger partial charge in [0.15, 0.2) is 5.69 Å². The number of aromatic nitrogens is 1. The van der Waals surface area contributed by atoms with E-state index in [1.807, 2.05) is 0 Å². The number of hydrogen-bond acceptors (Lipinski definition) is 4. The predicted molar refractivity (Wildman–Crippen MR) is 68.3 cm³/mol. The molecule has 0 saturated heterocycles. The Morgan fingerprint density at radius 3 is 2.48 bits per heavy atom. The molecular formula is C13H9F3N2O3. The number of allylic oxidation sites excluding steroid dienone is 1. The lowest BCUT2D eigenvalue weighted by molar-refractivity contribution is -0.386. The zero-order valence-electron chi connectivity index (χ0n) is 10.7. The minimum Gasteiger partial charge on any atom is -0.349 e. The Labute approximate surface area is 116 Å². The van der Waals surface area contributed by atoms with Crippen LogP contribution in [0.5, 0.6) is 0 Å². The third kappa shape index (κ3) is 3.10. The second kappa shape index (κ2) is 5.39. The van der Waals surface area contributed by atoms with Crippen molar-refractivity contribution in [2.75, 3.05) is 0 Å². The zero-order chi connectivity index (χ0) is 15.6. The molecule has 0 bridgehead atoms. The molecule has 5 nitrogen and oxygen atoms in total. The van der Waals surface area contributed by atoms with Crippen LogP contribution in [0.15, 0.2) is 34.9 Å². The van der Waals surface area contributed by atoms with Crippen LogP contribution >= 0.6 is 0 Å². The molecule has 0 amide bonds. The fourth-order valence-corrected chi connectivity index (χ4v) is 1.78. The molecule has 0 aliphatic rings. The third-order valence-electron chi connectivity index (χ3n) is 2.71. The molecule has 0 N–H and O–H groups in total. The normalized spacial score (nSPS) is 12.5. The molecule has 8 heteroatoms. The van der Waals surface area contributed by atoms with Crippen molar-refractivity contribution in [2.24, 2.45) is 0 Å². The van der Waals surface area contributed by atoms with Crippen LogP contribution in [0.4, 0.5) is 18.9 Å².